The molecule has 2 aromatic rings. The molecule has 30 heavy (non-hydrogen) atoms. The highest BCUT2D eigenvalue weighted by atomic mass is 19.1. The third kappa shape index (κ3) is 5.17. The number of nitrogens with one attached hydrogen (secondary N) is 1. The number of carbonyl (C=O) groups excluding carboxylic acids is 1. The summed E-state index contributed by atoms with van der Waals surface area (Å²) in [6.45, 7) is 4.13. The molecule has 1 aromatic heterocycles. The summed E-state index contributed by atoms with van der Waals surface area (Å²) in [6, 6.07) is 10.9. The first kappa shape index (κ1) is 20.8. The second kappa shape index (κ2) is 10.0. The molecule has 0 bridgehead atoms. The van der Waals surface area contributed by atoms with Gasteiger partial charge in [-0.1, -0.05) is 25.3 Å². The van der Waals surface area contributed by atoms with Gasteiger partial charge in [-0.15, -0.1) is 0 Å². The van der Waals surface area contributed by atoms with Crippen LogP contribution in [0.15, 0.2) is 48.8 Å². The zero-order valence-corrected chi connectivity index (χ0v) is 17.5. The van der Waals surface area contributed by atoms with Crippen LogP contribution in [0.25, 0.3) is 0 Å². The molecule has 4 rings (SSSR count). The van der Waals surface area contributed by atoms with Gasteiger partial charge in [0, 0.05) is 56.7 Å². The van der Waals surface area contributed by atoms with Crippen LogP contribution in [0.1, 0.15) is 43.7 Å². The van der Waals surface area contributed by atoms with Crippen molar-refractivity contribution >= 4 is 11.6 Å². The number of hydrogen-bond acceptors (Lipinski definition) is 4. The van der Waals surface area contributed by atoms with E-state index in [9.17, 15) is 9.18 Å². The number of rotatable bonds is 6. The molecule has 1 aromatic carbocycles. The number of hydrogen-bond donors (Lipinski definition) is 1. The van der Waals surface area contributed by atoms with E-state index in [1.807, 2.05) is 24.4 Å². The lowest BCUT2D eigenvalue weighted by Gasteiger charge is -2.40. The van der Waals surface area contributed by atoms with Crippen molar-refractivity contribution in [1.82, 2.24) is 15.2 Å². The van der Waals surface area contributed by atoms with Crippen LogP contribution in [-0.4, -0.2) is 48.5 Å². The fourth-order valence-corrected chi connectivity index (χ4v) is 4.68. The Morgan fingerprint density at radius 3 is 2.47 bits per heavy atom. The largest absolute Gasteiger partial charge is 0.369 e. The third-order valence-electron chi connectivity index (χ3n) is 6.46. The maximum atomic E-state index is 13.2. The van der Waals surface area contributed by atoms with Gasteiger partial charge in [0.15, 0.2) is 0 Å². The molecule has 0 unspecified atom stereocenters. The Bertz CT molecular complexity index is 800. The van der Waals surface area contributed by atoms with Crippen LogP contribution >= 0.6 is 0 Å². The predicted molar refractivity (Wildman–Crippen MR) is 117 cm³/mol. The van der Waals surface area contributed by atoms with Crippen molar-refractivity contribution in [1.29, 1.82) is 0 Å². The maximum absolute atomic E-state index is 13.2. The summed E-state index contributed by atoms with van der Waals surface area (Å²) >= 11 is 0. The molecule has 1 aliphatic heterocycles. The number of amides is 1. The smallest absolute Gasteiger partial charge is 0.223 e. The Labute approximate surface area is 178 Å². The Hall–Kier alpha value is -2.47. The summed E-state index contributed by atoms with van der Waals surface area (Å²) in [6.07, 6.45) is 9.29. The predicted octanol–water partition coefficient (Wildman–Crippen LogP) is 3.78. The number of halogens is 1. The van der Waals surface area contributed by atoms with E-state index in [1.165, 1.54) is 18.6 Å². The van der Waals surface area contributed by atoms with Crippen LogP contribution in [0, 0.1) is 11.7 Å². The van der Waals surface area contributed by atoms with Crippen LogP contribution in [0.3, 0.4) is 0 Å². The summed E-state index contributed by atoms with van der Waals surface area (Å²) in [5.74, 6) is 0.167. The molecule has 6 heteroatoms. The minimum Gasteiger partial charge on any atom is -0.369 e. The van der Waals surface area contributed by atoms with Crippen LogP contribution in [-0.2, 0) is 4.79 Å². The van der Waals surface area contributed by atoms with Gasteiger partial charge in [-0.3, -0.25) is 14.7 Å². The maximum Gasteiger partial charge on any atom is 0.223 e. The molecule has 2 aliphatic rings. The fraction of sp³-hybridized carbons (Fsp3) is 0.500. The first-order valence-corrected chi connectivity index (χ1v) is 11.1. The van der Waals surface area contributed by atoms with Crippen LogP contribution in [0.2, 0.25) is 0 Å². The van der Waals surface area contributed by atoms with E-state index in [1.54, 1.807) is 6.20 Å². The van der Waals surface area contributed by atoms with E-state index < -0.39 is 0 Å². The van der Waals surface area contributed by atoms with Gasteiger partial charge in [-0.2, -0.15) is 0 Å². The number of carbonyl (C=O) groups is 1. The van der Waals surface area contributed by atoms with E-state index in [2.05, 4.69) is 26.2 Å². The second-order valence-corrected chi connectivity index (χ2v) is 8.38. The first-order valence-electron chi connectivity index (χ1n) is 11.1. The molecule has 1 aliphatic carbocycles. The van der Waals surface area contributed by atoms with Gasteiger partial charge in [0.2, 0.25) is 5.91 Å². The van der Waals surface area contributed by atoms with Crippen LogP contribution < -0.4 is 10.2 Å². The number of anilines is 1. The second-order valence-electron chi connectivity index (χ2n) is 8.38. The normalized spacial score (nSPS) is 19.4. The third-order valence-corrected chi connectivity index (χ3v) is 6.46. The highest BCUT2D eigenvalue weighted by molar-refractivity contribution is 5.78. The average molecular weight is 411 g/mol. The Morgan fingerprint density at radius 2 is 1.80 bits per heavy atom. The standard InChI is InChI=1S/C24H31FN4O/c25-21-8-10-22(11-9-21)28-13-15-29(16-14-28)23(20-7-4-12-26-17-20)18-27-24(30)19-5-2-1-3-6-19/h4,7-12,17,19,23H,1-3,5-6,13-16,18H2,(H,27,30)/t23-/m0/s1. The van der Waals surface area contributed by atoms with Gasteiger partial charge in [0.25, 0.3) is 0 Å². The lowest BCUT2D eigenvalue weighted by molar-refractivity contribution is -0.126. The zero-order valence-electron chi connectivity index (χ0n) is 17.5. The lowest BCUT2D eigenvalue weighted by atomic mass is 9.88. The summed E-state index contributed by atoms with van der Waals surface area (Å²) in [4.78, 5) is 21.7. The van der Waals surface area contributed by atoms with Gasteiger partial charge in [0.05, 0.1) is 6.04 Å². The minimum absolute atomic E-state index is 0.113. The summed E-state index contributed by atoms with van der Waals surface area (Å²) in [5, 5.41) is 3.23. The number of benzene rings is 1. The van der Waals surface area contributed by atoms with E-state index >= 15 is 0 Å². The van der Waals surface area contributed by atoms with Crippen LogP contribution in [0.5, 0.6) is 0 Å². The molecule has 1 atom stereocenters. The van der Waals surface area contributed by atoms with Crippen molar-refractivity contribution in [3.05, 3.63) is 60.2 Å². The number of pyridine rings is 1. The molecule has 2 fully saturated rings. The van der Waals surface area contributed by atoms with Crippen molar-refractivity contribution in [3.8, 4) is 0 Å². The first-order chi connectivity index (χ1) is 14.7. The molecule has 0 radical (unpaired) electrons. The van der Waals surface area contributed by atoms with Crippen molar-refractivity contribution in [2.24, 2.45) is 5.92 Å². The quantitative estimate of drug-likeness (QED) is 0.787. The van der Waals surface area contributed by atoms with Gasteiger partial charge in [-0.05, 0) is 48.7 Å². The topological polar surface area (TPSA) is 48.5 Å². The van der Waals surface area contributed by atoms with E-state index in [0.717, 1.165) is 63.1 Å². The molecule has 160 valence electrons. The van der Waals surface area contributed by atoms with Gasteiger partial charge in [-0.25, -0.2) is 4.39 Å². The van der Waals surface area contributed by atoms with Gasteiger partial charge < -0.3 is 10.2 Å². The van der Waals surface area contributed by atoms with Crippen molar-refractivity contribution in [2.45, 2.75) is 38.1 Å². The molecule has 5 nitrogen and oxygen atoms in total. The van der Waals surface area contributed by atoms with E-state index in [-0.39, 0.29) is 23.7 Å². The SMILES string of the molecule is O=C(NC[C@@H](c1cccnc1)N1CCN(c2ccc(F)cc2)CC1)C1CCCCC1. The van der Waals surface area contributed by atoms with Crippen molar-refractivity contribution in [2.75, 3.05) is 37.6 Å². The highest BCUT2D eigenvalue weighted by Gasteiger charge is 2.27. The number of piperazine rings is 1. The van der Waals surface area contributed by atoms with Crippen LogP contribution in [0.4, 0.5) is 10.1 Å². The van der Waals surface area contributed by atoms with Crippen molar-refractivity contribution in [3.63, 3.8) is 0 Å². The summed E-state index contributed by atoms with van der Waals surface area (Å²) in [5.41, 5.74) is 2.19. The molecule has 0 spiro atoms. The Balaban J connectivity index is 1.39. The van der Waals surface area contributed by atoms with E-state index in [4.69, 9.17) is 0 Å². The summed E-state index contributed by atoms with van der Waals surface area (Å²) in [7, 11) is 0. The lowest BCUT2D eigenvalue weighted by Crippen LogP contribution is -2.50. The number of nitrogens with zero attached hydrogens (tertiary/aromatic N) is 3. The number of aromatic nitrogens is 1. The zero-order chi connectivity index (χ0) is 20.8. The van der Waals surface area contributed by atoms with E-state index in [0.29, 0.717) is 6.54 Å². The molecule has 1 saturated heterocycles. The molecule has 2 heterocycles. The average Bonchev–Trinajstić information content (AvgIpc) is 2.81. The molecule has 1 N–H and O–H groups in total. The fourth-order valence-electron chi connectivity index (χ4n) is 4.68. The minimum atomic E-state index is -0.206. The van der Waals surface area contributed by atoms with Crippen molar-refractivity contribution < 1.29 is 9.18 Å². The molecular formula is C24H31FN4O. The Morgan fingerprint density at radius 1 is 1.07 bits per heavy atom. The Kier molecular flexibility index (Phi) is 6.95. The molecule has 1 amide bonds. The van der Waals surface area contributed by atoms with Gasteiger partial charge in [0.1, 0.15) is 5.82 Å². The monoisotopic (exact) mass is 410 g/mol. The van der Waals surface area contributed by atoms with Gasteiger partial charge >= 0.3 is 0 Å². The molecular weight excluding hydrogens is 379 g/mol. The molecule has 1 saturated carbocycles. The summed E-state index contributed by atoms with van der Waals surface area (Å²) < 4.78 is 13.2. The highest BCUT2D eigenvalue weighted by Crippen LogP contribution is 2.26.